The fraction of sp³-hybridized carbons (Fsp3) is 0.417. The average Bonchev–Trinajstić information content (AvgIpc) is 2.72. The Balaban J connectivity index is 2.59. The fourth-order valence-corrected chi connectivity index (χ4v) is 1.03. The molecule has 0 saturated carbocycles. The molecule has 0 aliphatic rings. The standard InChI is InChI=1S/C12H14O3/c1-3-4-5-6-7-10-8-9-11(15-10)12(13)14-2/h8-9H,3-5H2,1-2H3. The highest BCUT2D eigenvalue weighted by Crippen LogP contribution is 2.07. The van der Waals surface area contributed by atoms with Gasteiger partial charge in [0.1, 0.15) is 0 Å². The predicted octanol–water partition coefficient (Wildman–Crippen LogP) is 2.61. The largest absolute Gasteiger partial charge is 0.463 e. The van der Waals surface area contributed by atoms with E-state index in [1.807, 2.05) is 0 Å². The van der Waals surface area contributed by atoms with Gasteiger partial charge in [-0.05, 0) is 24.5 Å². The molecule has 1 aromatic rings. The van der Waals surface area contributed by atoms with Gasteiger partial charge in [-0.25, -0.2) is 4.79 Å². The molecule has 0 bridgehead atoms. The zero-order valence-electron chi connectivity index (χ0n) is 9.00. The summed E-state index contributed by atoms with van der Waals surface area (Å²) in [6, 6.07) is 3.24. The predicted molar refractivity (Wildman–Crippen MR) is 56.5 cm³/mol. The van der Waals surface area contributed by atoms with E-state index in [1.165, 1.54) is 7.11 Å². The van der Waals surface area contributed by atoms with Crippen LogP contribution in [0.4, 0.5) is 0 Å². The van der Waals surface area contributed by atoms with Crippen LogP contribution in [0.3, 0.4) is 0 Å². The van der Waals surface area contributed by atoms with Crippen molar-refractivity contribution in [2.75, 3.05) is 7.11 Å². The minimum Gasteiger partial charge on any atom is -0.463 e. The molecule has 1 aromatic heterocycles. The number of methoxy groups -OCH3 is 1. The highest BCUT2D eigenvalue weighted by molar-refractivity contribution is 5.86. The molecule has 0 N–H and O–H groups in total. The summed E-state index contributed by atoms with van der Waals surface area (Å²) in [4.78, 5) is 11.0. The van der Waals surface area contributed by atoms with Crippen molar-refractivity contribution in [1.29, 1.82) is 0 Å². The zero-order valence-corrected chi connectivity index (χ0v) is 9.00. The Hall–Kier alpha value is -1.69. The monoisotopic (exact) mass is 206 g/mol. The van der Waals surface area contributed by atoms with Crippen LogP contribution < -0.4 is 0 Å². The molecule has 80 valence electrons. The Kier molecular flexibility index (Phi) is 4.49. The molecule has 0 aliphatic heterocycles. The smallest absolute Gasteiger partial charge is 0.374 e. The molecule has 0 aromatic carbocycles. The second-order valence-corrected chi connectivity index (χ2v) is 3.06. The minimum atomic E-state index is -0.475. The summed E-state index contributed by atoms with van der Waals surface area (Å²) in [5.74, 6) is 6.05. The van der Waals surface area contributed by atoms with Gasteiger partial charge in [-0.2, -0.15) is 0 Å². The third kappa shape index (κ3) is 3.51. The number of hydrogen-bond donors (Lipinski definition) is 0. The minimum absolute atomic E-state index is 0.192. The molecular weight excluding hydrogens is 192 g/mol. The van der Waals surface area contributed by atoms with Crippen LogP contribution in [-0.4, -0.2) is 13.1 Å². The zero-order chi connectivity index (χ0) is 11.1. The molecule has 0 saturated heterocycles. The quantitative estimate of drug-likeness (QED) is 0.433. The van der Waals surface area contributed by atoms with Crippen LogP contribution in [0.5, 0.6) is 0 Å². The summed E-state index contributed by atoms with van der Waals surface area (Å²) < 4.78 is 9.68. The maximum atomic E-state index is 11.0. The number of furan rings is 1. The van der Waals surface area contributed by atoms with Gasteiger partial charge in [-0.1, -0.05) is 19.3 Å². The first-order chi connectivity index (χ1) is 7.27. The lowest BCUT2D eigenvalue weighted by atomic mass is 10.2. The van der Waals surface area contributed by atoms with E-state index in [0.717, 1.165) is 19.3 Å². The fourth-order valence-electron chi connectivity index (χ4n) is 1.03. The topological polar surface area (TPSA) is 39.4 Å². The van der Waals surface area contributed by atoms with E-state index < -0.39 is 5.97 Å². The lowest BCUT2D eigenvalue weighted by molar-refractivity contribution is 0.0564. The van der Waals surface area contributed by atoms with Crippen molar-refractivity contribution in [1.82, 2.24) is 0 Å². The summed E-state index contributed by atoms with van der Waals surface area (Å²) in [5.41, 5.74) is 0. The van der Waals surface area contributed by atoms with E-state index in [-0.39, 0.29) is 5.76 Å². The van der Waals surface area contributed by atoms with E-state index in [1.54, 1.807) is 12.1 Å². The van der Waals surface area contributed by atoms with Crippen molar-refractivity contribution in [3.63, 3.8) is 0 Å². The number of rotatable bonds is 3. The summed E-state index contributed by atoms with van der Waals surface area (Å²) in [5, 5.41) is 0. The summed E-state index contributed by atoms with van der Waals surface area (Å²) in [6.07, 6.45) is 3.06. The molecule has 1 rings (SSSR count). The normalized spacial score (nSPS) is 9.20. The van der Waals surface area contributed by atoms with Crippen molar-refractivity contribution in [2.24, 2.45) is 0 Å². The van der Waals surface area contributed by atoms with E-state index in [0.29, 0.717) is 5.76 Å². The lowest BCUT2D eigenvalue weighted by Crippen LogP contribution is -1.98. The third-order valence-corrected chi connectivity index (χ3v) is 1.86. The first-order valence-electron chi connectivity index (χ1n) is 4.95. The van der Waals surface area contributed by atoms with Crippen LogP contribution in [0.15, 0.2) is 16.5 Å². The summed E-state index contributed by atoms with van der Waals surface area (Å²) in [7, 11) is 1.32. The SMILES string of the molecule is CCCCC#Cc1ccc(C(=O)OC)o1. The highest BCUT2D eigenvalue weighted by Gasteiger charge is 2.09. The molecule has 0 atom stereocenters. The van der Waals surface area contributed by atoms with Gasteiger partial charge in [0.15, 0.2) is 5.76 Å². The van der Waals surface area contributed by atoms with Gasteiger partial charge in [0.05, 0.1) is 7.11 Å². The Morgan fingerprint density at radius 3 is 3.00 bits per heavy atom. The molecule has 1 heterocycles. The molecule has 0 unspecified atom stereocenters. The van der Waals surface area contributed by atoms with Gasteiger partial charge in [0, 0.05) is 6.42 Å². The summed E-state index contributed by atoms with van der Waals surface area (Å²) >= 11 is 0. The van der Waals surface area contributed by atoms with Crippen LogP contribution in [0.25, 0.3) is 0 Å². The van der Waals surface area contributed by atoms with E-state index in [4.69, 9.17) is 4.42 Å². The van der Waals surface area contributed by atoms with Crippen LogP contribution in [0.2, 0.25) is 0 Å². The molecule has 0 spiro atoms. The number of hydrogen-bond acceptors (Lipinski definition) is 3. The van der Waals surface area contributed by atoms with Gasteiger partial charge >= 0.3 is 5.97 Å². The Morgan fingerprint density at radius 2 is 2.33 bits per heavy atom. The molecule has 15 heavy (non-hydrogen) atoms. The Morgan fingerprint density at radius 1 is 1.53 bits per heavy atom. The first kappa shape index (κ1) is 11.4. The maximum absolute atomic E-state index is 11.0. The molecule has 0 amide bonds. The van der Waals surface area contributed by atoms with Crippen molar-refractivity contribution in [3.05, 3.63) is 23.7 Å². The molecule has 0 aliphatic carbocycles. The van der Waals surface area contributed by atoms with Crippen LogP contribution in [0, 0.1) is 11.8 Å². The molecule has 0 radical (unpaired) electrons. The van der Waals surface area contributed by atoms with Crippen molar-refractivity contribution < 1.29 is 13.9 Å². The van der Waals surface area contributed by atoms with Gasteiger partial charge < -0.3 is 9.15 Å². The van der Waals surface area contributed by atoms with Crippen molar-refractivity contribution in [2.45, 2.75) is 26.2 Å². The third-order valence-electron chi connectivity index (χ3n) is 1.86. The number of carbonyl (C=O) groups is 1. The highest BCUT2D eigenvalue weighted by atomic mass is 16.5. The number of carbonyl (C=O) groups excluding carboxylic acids is 1. The second-order valence-electron chi connectivity index (χ2n) is 3.06. The van der Waals surface area contributed by atoms with Crippen LogP contribution in [0.1, 0.15) is 42.5 Å². The first-order valence-corrected chi connectivity index (χ1v) is 4.95. The van der Waals surface area contributed by atoms with Crippen molar-refractivity contribution >= 4 is 5.97 Å². The Labute approximate surface area is 89.4 Å². The lowest BCUT2D eigenvalue weighted by Gasteiger charge is -1.91. The maximum Gasteiger partial charge on any atom is 0.374 e. The second kappa shape index (κ2) is 5.92. The number of ether oxygens (including phenoxy) is 1. The van der Waals surface area contributed by atoms with E-state index in [9.17, 15) is 4.79 Å². The van der Waals surface area contributed by atoms with Gasteiger partial charge in [0.2, 0.25) is 5.76 Å². The molecule has 3 heteroatoms. The number of esters is 1. The van der Waals surface area contributed by atoms with Crippen LogP contribution >= 0.6 is 0 Å². The molecule has 3 nitrogen and oxygen atoms in total. The van der Waals surface area contributed by atoms with Crippen LogP contribution in [-0.2, 0) is 4.74 Å². The molecule has 0 fully saturated rings. The Bertz CT molecular complexity index is 379. The van der Waals surface area contributed by atoms with Gasteiger partial charge in [-0.15, -0.1) is 0 Å². The summed E-state index contributed by atoms with van der Waals surface area (Å²) in [6.45, 7) is 2.12. The van der Waals surface area contributed by atoms with E-state index >= 15 is 0 Å². The number of unbranched alkanes of at least 4 members (excludes halogenated alkanes) is 2. The molecular formula is C12H14O3. The van der Waals surface area contributed by atoms with E-state index in [2.05, 4.69) is 23.5 Å². The van der Waals surface area contributed by atoms with Gasteiger partial charge in [0.25, 0.3) is 0 Å². The van der Waals surface area contributed by atoms with Gasteiger partial charge in [-0.3, -0.25) is 0 Å². The average molecular weight is 206 g/mol. The van der Waals surface area contributed by atoms with Crippen molar-refractivity contribution in [3.8, 4) is 11.8 Å².